The Morgan fingerprint density at radius 1 is 1.00 bits per heavy atom. The number of aromatic amines is 1. The lowest BCUT2D eigenvalue weighted by Crippen LogP contribution is -2.59. The van der Waals surface area contributed by atoms with Crippen molar-refractivity contribution >= 4 is 23.0 Å². The summed E-state index contributed by atoms with van der Waals surface area (Å²) in [5, 5.41) is 0.980. The number of ether oxygens (including phenoxy) is 2. The minimum atomic E-state index is 0.489. The molecule has 0 bridgehead atoms. The summed E-state index contributed by atoms with van der Waals surface area (Å²) in [4.78, 5) is 27.1. The molecule has 3 aliphatic heterocycles. The molecule has 2 saturated heterocycles. The van der Waals surface area contributed by atoms with Crippen LogP contribution in [0.25, 0.3) is 11.0 Å². The van der Waals surface area contributed by atoms with Crippen LogP contribution in [0.4, 0.5) is 5.69 Å². The summed E-state index contributed by atoms with van der Waals surface area (Å²) in [6.45, 7) is 8.57. The average Bonchev–Trinajstić information content (AvgIpc) is 3.70. The maximum atomic E-state index is 11.8. The van der Waals surface area contributed by atoms with Crippen LogP contribution >= 0.6 is 0 Å². The van der Waals surface area contributed by atoms with Gasteiger partial charge in [-0.15, -0.1) is 0 Å². The van der Waals surface area contributed by atoms with Crippen LogP contribution in [-0.2, 0) is 13.0 Å². The molecule has 5 heterocycles. The van der Waals surface area contributed by atoms with Crippen molar-refractivity contribution in [1.82, 2.24) is 19.8 Å². The number of H-pyrrole nitrogens is 1. The number of carbonyl (C=O) groups is 1. The molecule has 1 spiro atoms. The first kappa shape index (κ1) is 26.7. The number of rotatable bonds is 7. The first-order valence-electron chi connectivity index (χ1n) is 15.8. The van der Waals surface area contributed by atoms with Crippen LogP contribution in [-0.4, -0.2) is 78.0 Å². The Morgan fingerprint density at radius 3 is 2.70 bits per heavy atom. The Labute approximate surface area is 252 Å². The van der Waals surface area contributed by atoms with Crippen LogP contribution in [0, 0.1) is 5.41 Å². The summed E-state index contributed by atoms with van der Waals surface area (Å²) in [7, 11) is 0. The normalized spacial score (nSPS) is 20.6. The molecule has 222 valence electrons. The van der Waals surface area contributed by atoms with Crippen LogP contribution in [0.1, 0.15) is 47.2 Å². The van der Waals surface area contributed by atoms with Gasteiger partial charge >= 0.3 is 0 Å². The number of benzene rings is 2. The van der Waals surface area contributed by atoms with Crippen LogP contribution in [0.5, 0.6) is 17.2 Å². The molecular formula is C35H39N5O3. The van der Waals surface area contributed by atoms with Crippen molar-refractivity contribution in [2.75, 3.05) is 50.8 Å². The van der Waals surface area contributed by atoms with E-state index in [0.29, 0.717) is 22.5 Å². The third-order valence-corrected chi connectivity index (χ3v) is 10.3. The van der Waals surface area contributed by atoms with Crippen molar-refractivity contribution < 1.29 is 14.3 Å². The molecule has 0 unspecified atom stereocenters. The zero-order chi connectivity index (χ0) is 28.8. The van der Waals surface area contributed by atoms with Crippen molar-refractivity contribution in [2.45, 2.75) is 44.7 Å². The van der Waals surface area contributed by atoms with E-state index in [1.807, 2.05) is 30.5 Å². The molecule has 2 aromatic heterocycles. The van der Waals surface area contributed by atoms with Crippen LogP contribution in [0.3, 0.4) is 0 Å². The molecule has 1 N–H and O–H groups in total. The van der Waals surface area contributed by atoms with Crippen molar-refractivity contribution in [3.63, 3.8) is 0 Å². The quantitative estimate of drug-likeness (QED) is 0.284. The van der Waals surface area contributed by atoms with Gasteiger partial charge in [0.2, 0.25) is 0 Å². The number of hydrogen-bond donors (Lipinski definition) is 1. The number of piperidine rings is 1. The summed E-state index contributed by atoms with van der Waals surface area (Å²) < 4.78 is 12.0. The van der Waals surface area contributed by atoms with Gasteiger partial charge in [0.05, 0.1) is 18.4 Å². The zero-order valence-corrected chi connectivity index (χ0v) is 24.6. The molecule has 8 nitrogen and oxygen atoms in total. The number of piperazine rings is 1. The molecule has 0 amide bonds. The summed E-state index contributed by atoms with van der Waals surface area (Å²) in [6.07, 6.45) is 10.6. The molecular weight excluding hydrogens is 538 g/mol. The second-order valence-corrected chi connectivity index (χ2v) is 12.9. The summed E-state index contributed by atoms with van der Waals surface area (Å²) >= 11 is 0. The van der Waals surface area contributed by atoms with Gasteiger partial charge in [-0.1, -0.05) is 12.1 Å². The molecule has 1 saturated carbocycles. The lowest BCUT2D eigenvalue weighted by Gasteiger charge is -2.56. The summed E-state index contributed by atoms with van der Waals surface area (Å²) in [5.74, 6) is 2.30. The Bertz CT molecular complexity index is 1630. The molecule has 1 aliphatic carbocycles. The van der Waals surface area contributed by atoms with Crippen LogP contribution in [0.15, 0.2) is 60.9 Å². The van der Waals surface area contributed by atoms with E-state index in [-0.39, 0.29) is 0 Å². The molecule has 8 rings (SSSR count). The Hall–Kier alpha value is -3.88. The third-order valence-electron chi connectivity index (χ3n) is 10.3. The standard InChI is InChI=1S/C35H39N5O3/c41-24-28-3-4-29(19-33(28)43-31-18-27-5-9-36-34(27)37-22-31)39-10-7-35(8-11-39)20-30(21-35)40-14-12-38(13-15-40)23-25-1-2-26-6-16-42-32(26)17-25/h1-5,9,17-19,22,24,30H,6-8,10-16,20-21,23H2,(H,36,37). The average molecular weight is 578 g/mol. The smallest absolute Gasteiger partial charge is 0.153 e. The lowest BCUT2D eigenvalue weighted by molar-refractivity contribution is -0.0355. The van der Waals surface area contributed by atoms with Crippen molar-refractivity contribution in [3.05, 3.63) is 77.6 Å². The maximum absolute atomic E-state index is 11.8. The topological polar surface area (TPSA) is 73.9 Å². The number of pyridine rings is 1. The highest BCUT2D eigenvalue weighted by atomic mass is 16.5. The molecule has 0 radical (unpaired) electrons. The van der Waals surface area contributed by atoms with Gasteiger partial charge in [0.15, 0.2) is 6.29 Å². The van der Waals surface area contributed by atoms with E-state index in [2.05, 4.69) is 48.9 Å². The monoisotopic (exact) mass is 577 g/mol. The first-order chi connectivity index (χ1) is 21.1. The second-order valence-electron chi connectivity index (χ2n) is 12.9. The van der Waals surface area contributed by atoms with Crippen molar-refractivity contribution in [3.8, 4) is 17.2 Å². The predicted molar refractivity (Wildman–Crippen MR) is 167 cm³/mol. The number of carbonyl (C=O) groups excluding carboxylic acids is 1. The van der Waals surface area contributed by atoms with Crippen molar-refractivity contribution in [2.24, 2.45) is 5.41 Å². The number of fused-ring (bicyclic) bond motifs is 2. The molecule has 3 fully saturated rings. The van der Waals surface area contributed by atoms with E-state index >= 15 is 0 Å². The van der Waals surface area contributed by atoms with E-state index in [1.54, 1.807) is 6.20 Å². The number of aromatic nitrogens is 2. The fourth-order valence-electron chi connectivity index (χ4n) is 7.71. The highest BCUT2D eigenvalue weighted by molar-refractivity contribution is 5.81. The number of aldehydes is 1. The largest absolute Gasteiger partial charge is 0.493 e. The number of anilines is 1. The van der Waals surface area contributed by atoms with Gasteiger partial charge in [-0.2, -0.15) is 0 Å². The SMILES string of the molecule is O=Cc1ccc(N2CCC3(CC2)CC(N2CCN(Cc4ccc5c(c4)OCC5)CC2)C3)cc1Oc1cnc2[nH]ccc2c1. The zero-order valence-electron chi connectivity index (χ0n) is 24.6. The van der Waals surface area contributed by atoms with E-state index in [9.17, 15) is 4.79 Å². The van der Waals surface area contributed by atoms with Gasteiger partial charge in [0, 0.05) is 81.6 Å². The van der Waals surface area contributed by atoms with Gasteiger partial charge in [-0.3, -0.25) is 14.6 Å². The van der Waals surface area contributed by atoms with E-state index in [4.69, 9.17) is 9.47 Å². The third kappa shape index (κ3) is 5.27. The number of hydrogen-bond acceptors (Lipinski definition) is 7. The maximum Gasteiger partial charge on any atom is 0.153 e. The molecule has 0 atom stereocenters. The van der Waals surface area contributed by atoms with Gasteiger partial charge < -0.3 is 19.4 Å². The molecule has 4 aromatic rings. The number of nitrogens with one attached hydrogen (secondary N) is 1. The fourth-order valence-corrected chi connectivity index (χ4v) is 7.71. The Kier molecular flexibility index (Phi) is 6.83. The minimum absolute atomic E-state index is 0.489. The minimum Gasteiger partial charge on any atom is -0.493 e. The fraction of sp³-hybridized carbons (Fsp3) is 0.429. The van der Waals surface area contributed by atoms with E-state index in [1.165, 1.54) is 49.9 Å². The second kappa shape index (κ2) is 11.0. The molecule has 2 aromatic carbocycles. The highest BCUT2D eigenvalue weighted by Crippen LogP contribution is 2.51. The van der Waals surface area contributed by atoms with Gasteiger partial charge in [-0.25, -0.2) is 4.98 Å². The van der Waals surface area contributed by atoms with Gasteiger partial charge in [-0.05, 0) is 72.6 Å². The van der Waals surface area contributed by atoms with Gasteiger partial charge in [0.1, 0.15) is 22.9 Å². The predicted octanol–water partition coefficient (Wildman–Crippen LogP) is 5.67. The summed E-state index contributed by atoms with van der Waals surface area (Å²) in [5.41, 5.74) is 5.71. The highest BCUT2D eigenvalue weighted by Gasteiger charge is 2.48. The van der Waals surface area contributed by atoms with Crippen LogP contribution < -0.4 is 14.4 Å². The van der Waals surface area contributed by atoms with Gasteiger partial charge in [0.25, 0.3) is 0 Å². The Morgan fingerprint density at radius 2 is 1.86 bits per heavy atom. The van der Waals surface area contributed by atoms with E-state index < -0.39 is 0 Å². The molecule has 4 aliphatic rings. The Balaban J connectivity index is 0.836. The van der Waals surface area contributed by atoms with E-state index in [0.717, 1.165) is 80.5 Å². The molecule has 8 heteroatoms. The first-order valence-corrected chi connectivity index (χ1v) is 15.8. The lowest BCUT2D eigenvalue weighted by atomic mass is 9.60. The van der Waals surface area contributed by atoms with Crippen molar-refractivity contribution in [1.29, 1.82) is 0 Å². The summed E-state index contributed by atoms with van der Waals surface area (Å²) in [6, 6.07) is 17.4. The number of nitrogens with zero attached hydrogens (tertiary/aromatic N) is 4. The van der Waals surface area contributed by atoms with Crippen LogP contribution in [0.2, 0.25) is 0 Å². The molecule has 43 heavy (non-hydrogen) atoms.